The third-order valence-electron chi connectivity index (χ3n) is 2.68. The van der Waals surface area contributed by atoms with Gasteiger partial charge in [-0.3, -0.25) is 9.59 Å². The predicted molar refractivity (Wildman–Crippen MR) is 65.1 cm³/mol. The van der Waals surface area contributed by atoms with Crippen molar-refractivity contribution in [1.29, 1.82) is 0 Å². The summed E-state index contributed by atoms with van der Waals surface area (Å²) in [5.41, 5.74) is 0.420. The van der Waals surface area contributed by atoms with Crippen LogP contribution in [0.3, 0.4) is 0 Å². The summed E-state index contributed by atoms with van der Waals surface area (Å²) < 4.78 is 13.4. The van der Waals surface area contributed by atoms with Crippen LogP contribution in [-0.2, 0) is 9.59 Å². The lowest BCUT2D eigenvalue weighted by Crippen LogP contribution is -2.35. The summed E-state index contributed by atoms with van der Waals surface area (Å²) >= 11 is 3.18. The van der Waals surface area contributed by atoms with Crippen LogP contribution in [0.2, 0.25) is 0 Å². The molecule has 17 heavy (non-hydrogen) atoms. The monoisotopic (exact) mass is 299 g/mol. The van der Waals surface area contributed by atoms with E-state index in [2.05, 4.69) is 15.9 Å². The third kappa shape index (κ3) is 2.54. The first-order valence-corrected chi connectivity index (χ1v) is 6.20. The first-order valence-electron chi connectivity index (χ1n) is 5.40. The molecule has 0 saturated carbocycles. The fraction of sp³-hybridized carbons (Fsp3) is 0.333. The highest BCUT2D eigenvalue weighted by Crippen LogP contribution is 2.29. The molecule has 2 rings (SSSR count). The molecule has 1 heterocycles. The molecule has 1 saturated heterocycles. The summed E-state index contributed by atoms with van der Waals surface area (Å²) in [6, 6.07) is 3.94. The minimum absolute atomic E-state index is 0.222. The molecule has 90 valence electrons. The molecule has 0 N–H and O–H groups in total. The molecule has 0 bridgehead atoms. The molecule has 3 nitrogen and oxygen atoms in total. The van der Waals surface area contributed by atoms with Crippen molar-refractivity contribution in [3.63, 3.8) is 0 Å². The molecular formula is C12H11BrFNO2. The van der Waals surface area contributed by atoms with Gasteiger partial charge < -0.3 is 0 Å². The number of anilines is 1. The van der Waals surface area contributed by atoms with E-state index >= 15 is 0 Å². The normalized spacial score (nSPS) is 17.2. The van der Waals surface area contributed by atoms with Gasteiger partial charge in [0, 0.05) is 17.3 Å². The Morgan fingerprint density at radius 1 is 1.12 bits per heavy atom. The van der Waals surface area contributed by atoms with Crippen LogP contribution in [-0.4, -0.2) is 11.8 Å². The highest BCUT2D eigenvalue weighted by Gasteiger charge is 2.27. The summed E-state index contributed by atoms with van der Waals surface area (Å²) in [7, 11) is 0. The van der Waals surface area contributed by atoms with E-state index in [1.165, 1.54) is 18.2 Å². The number of carbonyl (C=O) groups excluding carboxylic acids is 2. The van der Waals surface area contributed by atoms with Crippen LogP contribution in [0.1, 0.15) is 25.7 Å². The molecule has 0 spiro atoms. The maximum atomic E-state index is 13.0. The standard InChI is InChI=1S/C12H11BrFNO2/c13-9-7-8(14)5-6-10(9)15-11(16)3-1-2-4-12(15)17/h5-7H,1-4H2. The van der Waals surface area contributed by atoms with Crippen LogP contribution in [0, 0.1) is 5.82 Å². The second-order valence-corrected chi connectivity index (χ2v) is 4.78. The van der Waals surface area contributed by atoms with Crippen molar-refractivity contribution < 1.29 is 14.0 Å². The number of nitrogens with zero attached hydrogens (tertiary/aromatic N) is 1. The summed E-state index contributed by atoms with van der Waals surface area (Å²) in [6.45, 7) is 0. The van der Waals surface area contributed by atoms with Gasteiger partial charge in [-0.2, -0.15) is 0 Å². The molecule has 0 aliphatic carbocycles. The predicted octanol–water partition coefficient (Wildman–Crippen LogP) is 3.02. The van der Waals surface area contributed by atoms with E-state index < -0.39 is 5.82 Å². The van der Waals surface area contributed by atoms with E-state index in [0.29, 0.717) is 23.0 Å². The molecule has 0 atom stereocenters. The number of imide groups is 1. The van der Waals surface area contributed by atoms with Gasteiger partial charge in [0.2, 0.25) is 11.8 Å². The fourth-order valence-electron chi connectivity index (χ4n) is 1.85. The van der Waals surface area contributed by atoms with Gasteiger partial charge >= 0.3 is 0 Å². The molecule has 1 aliphatic heterocycles. The second-order valence-electron chi connectivity index (χ2n) is 3.93. The number of hydrogen-bond acceptors (Lipinski definition) is 2. The molecule has 0 aromatic heterocycles. The van der Waals surface area contributed by atoms with Gasteiger partial charge in [0.25, 0.3) is 0 Å². The summed E-state index contributed by atoms with van der Waals surface area (Å²) in [5.74, 6) is -0.852. The van der Waals surface area contributed by atoms with Crippen molar-refractivity contribution in [2.75, 3.05) is 4.90 Å². The van der Waals surface area contributed by atoms with Gasteiger partial charge in [-0.25, -0.2) is 9.29 Å². The SMILES string of the molecule is O=C1CCCCC(=O)N1c1ccc(F)cc1Br. The minimum atomic E-state index is -0.407. The Hall–Kier alpha value is -1.23. The van der Waals surface area contributed by atoms with Crippen LogP contribution < -0.4 is 4.90 Å². The molecule has 1 fully saturated rings. The number of amides is 2. The number of carbonyl (C=O) groups is 2. The molecule has 0 unspecified atom stereocenters. The largest absolute Gasteiger partial charge is 0.274 e. The molecular weight excluding hydrogens is 289 g/mol. The van der Waals surface area contributed by atoms with Gasteiger partial charge in [-0.1, -0.05) is 0 Å². The smallest absolute Gasteiger partial charge is 0.233 e. The van der Waals surface area contributed by atoms with Crippen LogP contribution in [0.15, 0.2) is 22.7 Å². The summed E-state index contributed by atoms with van der Waals surface area (Å²) in [6.07, 6.45) is 2.16. The van der Waals surface area contributed by atoms with Gasteiger partial charge in [0.05, 0.1) is 5.69 Å². The highest BCUT2D eigenvalue weighted by molar-refractivity contribution is 9.10. The Balaban J connectivity index is 2.41. The van der Waals surface area contributed by atoms with Crippen molar-refractivity contribution >= 4 is 33.4 Å². The van der Waals surface area contributed by atoms with Gasteiger partial charge in [-0.05, 0) is 47.0 Å². The van der Waals surface area contributed by atoms with E-state index in [0.717, 1.165) is 17.7 Å². The van der Waals surface area contributed by atoms with E-state index in [1.807, 2.05) is 0 Å². The molecule has 2 amide bonds. The first-order chi connectivity index (χ1) is 8.09. The van der Waals surface area contributed by atoms with Crippen molar-refractivity contribution in [3.05, 3.63) is 28.5 Å². The van der Waals surface area contributed by atoms with Crippen molar-refractivity contribution in [3.8, 4) is 0 Å². The Morgan fingerprint density at radius 2 is 1.71 bits per heavy atom. The number of halogens is 2. The fourth-order valence-corrected chi connectivity index (χ4v) is 2.37. The topological polar surface area (TPSA) is 37.4 Å². The van der Waals surface area contributed by atoms with Gasteiger partial charge in [-0.15, -0.1) is 0 Å². The van der Waals surface area contributed by atoms with Crippen LogP contribution in [0.25, 0.3) is 0 Å². The Labute approximate surface area is 107 Å². The van der Waals surface area contributed by atoms with Crippen LogP contribution in [0.4, 0.5) is 10.1 Å². The zero-order valence-corrected chi connectivity index (χ0v) is 10.7. The van der Waals surface area contributed by atoms with Crippen molar-refractivity contribution in [2.45, 2.75) is 25.7 Å². The van der Waals surface area contributed by atoms with Gasteiger partial charge in [0.1, 0.15) is 5.82 Å². The van der Waals surface area contributed by atoms with E-state index in [-0.39, 0.29) is 11.8 Å². The molecule has 1 aromatic carbocycles. The summed E-state index contributed by atoms with van der Waals surface area (Å²) in [5, 5.41) is 0. The van der Waals surface area contributed by atoms with Crippen molar-refractivity contribution in [1.82, 2.24) is 0 Å². The number of rotatable bonds is 1. The molecule has 1 aromatic rings. The first kappa shape index (κ1) is 12.2. The van der Waals surface area contributed by atoms with E-state index in [1.54, 1.807) is 0 Å². The lowest BCUT2D eigenvalue weighted by atomic mass is 10.2. The lowest BCUT2D eigenvalue weighted by molar-refractivity contribution is -0.125. The van der Waals surface area contributed by atoms with Crippen LogP contribution in [0.5, 0.6) is 0 Å². The van der Waals surface area contributed by atoms with E-state index in [4.69, 9.17) is 0 Å². The average molecular weight is 300 g/mol. The zero-order chi connectivity index (χ0) is 12.4. The third-order valence-corrected chi connectivity index (χ3v) is 3.32. The van der Waals surface area contributed by atoms with E-state index in [9.17, 15) is 14.0 Å². The zero-order valence-electron chi connectivity index (χ0n) is 9.08. The molecule has 1 aliphatic rings. The Morgan fingerprint density at radius 3 is 2.24 bits per heavy atom. The highest BCUT2D eigenvalue weighted by atomic mass is 79.9. The summed E-state index contributed by atoms with van der Waals surface area (Å²) in [4.78, 5) is 24.9. The quantitative estimate of drug-likeness (QED) is 0.748. The minimum Gasteiger partial charge on any atom is -0.274 e. The van der Waals surface area contributed by atoms with Crippen LogP contribution >= 0.6 is 15.9 Å². The lowest BCUT2D eigenvalue weighted by Gasteiger charge is -2.20. The van der Waals surface area contributed by atoms with Gasteiger partial charge in [0.15, 0.2) is 0 Å². The average Bonchev–Trinajstić information content (AvgIpc) is 2.42. The molecule has 5 heteroatoms. The second kappa shape index (κ2) is 4.96. The van der Waals surface area contributed by atoms with Crippen molar-refractivity contribution in [2.24, 2.45) is 0 Å². The maximum absolute atomic E-state index is 13.0. The molecule has 0 radical (unpaired) electrons. The number of hydrogen-bond donors (Lipinski definition) is 0. The maximum Gasteiger partial charge on any atom is 0.233 e. The Bertz CT molecular complexity index is 458. The number of benzene rings is 1. The Kier molecular flexibility index (Phi) is 3.57.